The van der Waals surface area contributed by atoms with Gasteiger partial charge in [-0.05, 0) is 69.0 Å². The second-order valence-corrected chi connectivity index (χ2v) is 10.6. The van der Waals surface area contributed by atoms with Gasteiger partial charge in [-0.2, -0.15) is 13.2 Å². The number of hydrogen-bond donors (Lipinski definition) is 0. The maximum atomic E-state index is 13.9. The van der Waals surface area contributed by atoms with Gasteiger partial charge in [0.05, 0.1) is 29.1 Å². The van der Waals surface area contributed by atoms with Crippen LogP contribution in [0.5, 0.6) is 5.75 Å². The zero-order valence-corrected chi connectivity index (χ0v) is 19.8. The van der Waals surface area contributed by atoms with Crippen molar-refractivity contribution in [3.05, 3.63) is 83.9 Å². The van der Waals surface area contributed by atoms with Gasteiger partial charge in [-0.1, -0.05) is 24.3 Å². The first-order valence-corrected chi connectivity index (χ1v) is 12.3. The van der Waals surface area contributed by atoms with Crippen molar-refractivity contribution in [3.63, 3.8) is 0 Å². The van der Waals surface area contributed by atoms with Gasteiger partial charge in [-0.25, -0.2) is 4.79 Å². The Balaban J connectivity index is 1.85. The van der Waals surface area contributed by atoms with Gasteiger partial charge < -0.3 is 9.47 Å². The van der Waals surface area contributed by atoms with Crippen molar-refractivity contribution in [3.8, 4) is 5.75 Å². The third-order valence-electron chi connectivity index (χ3n) is 5.98. The summed E-state index contributed by atoms with van der Waals surface area (Å²) >= 11 is 0. The van der Waals surface area contributed by atoms with Crippen molar-refractivity contribution in [2.75, 3.05) is 7.11 Å². The van der Waals surface area contributed by atoms with Crippen molar-refractivity contribution in [1.82, 2.24) is 0 Å². The number of rotatable bonds is 6. The number of methoxy groups -OCH3 is 1. The molecule has 3 aromatic rings. The van der Waals surface area contributed by atoms with Gasteiger partial charge in [0.2, 0.25) is 0 Å². The smallest absolute Gasteiger partial charge is 0.419 e. The summed E-state index contributed by atoms with van der Waals surface area (Å²) in [6.45, 7) is 1.88. The molecule has 34 heavy (non-hydrogen) atoms. The second-order valence-electron chi connectivity index (χ2n) is 8.55. The fourth-order valence-corrected chi connectivity index (χ4v) is 6.41. The van der Waals surface area contributed by atoms with E-state index in [1.807, 2.05) is 43.3 Å². The minimum absolute atomic E-state index is 0.146. The molecule has 7 heteroatoms. The fraction of sp³-hybridized carbons (Fsp3) is 0.296. The fourth-order valence-electron chi connectivity index (χ4n) is 4.27. The lowest BCUT2D eigenvalue weighted by atomic mass is 10.1. The molecule has 3 nitrogen and oxygen atoms in total. The molecule has 178 valence electrons. The Labute approximate surface area is 200 Å². The molecule has 4 rings (SSSR count). The Hall–Kier alpha value is -2.93. The molecule has 0 bridgehead atoms. The van der Waals surface area contributed by atoms with E-state index >= 15 is 0 Å². The SMILES string of the molecule is COC(=O)c1cccc([S+](c2ccccc2)c2ccc(C(F)(F)F)c(OC3(C)CCCC3)c2)c1. The van der Waals surface area contributed by atoms with Crippen LogP contribution in [0.2, 0.25) is 0 Å². The molecule has 3 aromatic carbocycles. The molecule has 1 saturated carbocycles. The normalized spacial score (nSPS) is 16.1. The Kier molecular flexibility index (Phi) is 6.94. The summed E-state index contributed by atoms with van der Waals surface area (Å²) in [6, 6.07) is 20.7. The predicted molar refractivity (Wildman–Crippen MR) is 125 cm³/mol. The van der Waals surface area contributed by atoms with E-state index in [1.165, 1.54) is 19.2 Å². The number of halogens is 3. The first-order valence-electron chi connectivity index (χ1n) is 11.1. The molecule has 1 unspecified atom stereocenters. The van der Waals surface area contributed by atoms with E-state index in [9.17, 15) is 18.0 Å². The number of carbonyl (C=O) groups is 1. The van der Waals surface area contributed by atoms with Crippen LogP contribution in [0.3, 0.4) is 0 Å². The summed E-state index contributed by atoms with van der Waals surface area (Å²) in [5.74, 6) is -0.615. The second kappa shape index (κ2) is 9.74. The highest BCUT2D eigenvalue weighted by Crippen LogP contribution is 2.43. The van der Waals surface area contributed by atoms with E-state index in [4.69, 9.17) is 9.47 Å². The molecular weight excluding hydrogens is 461 g/mol. The number of carbonyl (C=O) groups excluding carboxylic acids is 1. The highest BCUT2D eigenvalue weighted by Gasteiger charge is 2.40. The highest BCUT2D eigenvalue weighted by atomic mass is 32.2. The summed E-state index contributed by atoms with van der Waals surface area (Å²) in [6.07, 6.45) is -1.21. The van der Waals surface area contributed by atoms with Crippen LogP contribution in [0.15, 0.2) is 87.5 Å². The first-order chi connectivity index (χ1) is 16.2. The van der Waals surface area contributed by atoms with Crippen LogP contribution in [0, 0.1) is 0 Å². The van der Waals surface area contributed by atoms with Gasteiger partial charge in [-0.3, -0.25) is 0 Å². The van der Waals surface area contributed by atoms with Gasteiger partial charge in [0.15, 0.2) is 14.7 Å². The van der Waals surface area contributed by atoms with E-state index < -0.39 is 34.2 Å². The van der Waals surface area contributed by atoms with Crippen molar-refractivity contribution in [1.29, 1.82) is 0 Å². The molecule has 0 amide bonds. The summed E-state index contributed by atoms with van der Waals surface area (Å²) in [7, 11) is 0.554. The topological polar surface area (TPSA) is 35.5 Å². The lowest BCUT2D eigenvalue weighted by molar-refractivity contribution is -0.139. The largest absolute Gasteiger partial charge is 0.487 e. The van der Waals surface area contributed by atoms with E-state index in [2.05, 4.69) is 0 Å². The predicted octanol–water partition coefficient (Wildman–Crippen LogP) is 7.30. The number of esters is 1. The summed E-state index contributed by atoms with van der Waals surface area (Å²) in [4.78, 5) is 14.5. The Morgan fingerprint density at radius 2 is 1.53 bits per heavy atom. The molecule has 1 aliphatic carbocycles. The summed E-state index contributed by atoms with van der Waals surface area (Å²) in [5, 5.41) is 0. The summed E-state index contributed by atoms with van der Waals surface area (Å²) < 4.78 is 52.6. The molecule has 0 radical (unpaired) electrons. The number of alkyl halides is 3. The molecule has 0 saturated heterocycles. The Morgan fingerprint density at radius 3 is 2.18 bits per heavy atom. The van der Waals surface area contributed by atoms with Crippen LogP contribution in [0.4, 0.5) is 13.2 Å². The molecule has 1 aliphatic rings. The summed E-state index contributed by atoms with van der Waals surface area (Å²) in [5.41, 5.74) is -1.01. The van der Waals surface area contributed by atoms with Crippen molar-refractivity contribution < 1.29 is 27.4 Å². The zero-order valence-electron chi connectivity index (χ0n) is 19.0. The van der Waals surface area contributed by atoms with Crippen LogP contribution in [0.25, 0.3) is 0 Å². The van der Waals surface area contributed by atoms with E-state index in [-0.39, 0.29) is 5.75 Å². The average molecular weight is 488 g/mol. The maximum Gasteiger partial charge on any atom is 0.419 e. The van der Waals surface area contributed by atoms with Gasteiger partial charge in [0, 0.05) is 12.1 Å². The van der Waals surface area contributed by atoms with Crippen molar-refractivity contribution >= 4 is 16.9 Å². The minimum atomic E-state index is -4.53. The number of hydrogen-bond acceptors (Lipinski definition) is 3. The Bertz CT molecular complexity index is 1160. The third kappa shape index (κ3) is 5.25. The van der Waals surface area contributed by atoms with Gasteiger partial charge >= 0.3 is 12.1 Å². The van der Waals surface area contributed by atoms with Gasteiger partial charge in [-0.15, -0.1) is 0 Å². The highest BCUT2D eigenvalue weighted by molar-refractivity contribution is 7.97. The minimum Gasteiger partial charge on any atom is -0.487 e. The van der Waals surface area contributed by atoms with Gasteiger partial charge in [0.25, 0.3) is 0 Å². The van der Waals surface area contributed by atoms with Crippen LogP contribution >= 0.6 is 0 Å². The molecule has 0 N–H and O–H groups in total. The molecule has 1 atom stereocenters. The molecule has 0 aromatic heterocycles. The van der Waals surface area contributed by atoms with Crippen LogP contribution in [-0.4, -0.2) is 18.7 Å². The lowest BCUT2D eigenvalue weighted by Gasteiger charge is -2.27. The molecule has 0 spiro atoms. The van der Waals surface area contributed by atoms with E-state index in [0.717, 1.165) is 41.5 Å². The number of ether oxygens (including phenoxy) is 2. The van der Waals surface area contributed by atoms with Crippen LogP contribution < -0.4 is 4.74 Å². The standard InChI is InChI=1S/C27H26F3O3S/c1-26(15-6-7-16-26)33-24-18-22(13-14-23(24)27(28,29)30)34(20-10-4-3-5-11-20)21-12-8-9-19(17-21)25(31)32-2/h3-5,8-14,17-18H,6-7,15-16H2,1-2H3/q+1. The third-order valence-corrected chi connectivity index (χ3v) is 8.18. The quantitative estimate of drug-likeness (QED) is 0.270. The Morgan fingerprint density at radius 1 is 0.882 bits per heavy atom. The van der Waals surface area contributed by atoms with Crippen LogP contribution in [-0.2, 0) is 21.8 Å². The van der Waals surface area contributed by atoms with Crippen LogP contribution in [0.1, 0.15) is 48.5 Å². The monoisotopic (exact) mass is 487 g/mol. The molecule has 1 fully saturated rings. The average Bonchev–Trinajstić information content (AvgIpc) is 3.25. The maximum absolute atomic E-state index is 13.9. The zero-order chi connectivity index (χ0) is 24.3. The van der Waals surface area contributed by atoms with Crippen molar-refractivity contribution in [2.24, 2.45) is 0 Å². The van der Waals surface area contributed by atoms with E-state index in [0.29, 0.717) is 10.5 Å². The van der Waals surface area contributed by atoms with E-state index in [1.54, 1.807) is 18.2 Å². The molecule has 0 aliphatic heterocycles. The molecular formula is C27H26F3O3S+. The number of benzene rings is 3. The first kappa shape index (κ1) is 24.2. The van der Waals surface area contributed by atoms with Crippen molar-refractivity contribution in [2.45, 2.75) is 59.1 Å². The van der Waals surface area contributed by atoms with Gasteiger partial charge in [0.1, 0.15) is 11.4 Å². The molecule has 0 heterocycles. The lowest BCUT2D eigenvalue weighted by Crippen LogP contribution is -2.29.